The third kappa shape index (κ3) is 3.36. The highest BCUT2D eigenvalue weighted by molar-refractivity contribution is 6.19. The number of benzene rings is 1. The Morgan fingerprint density at radius 1 is 1.13 bits per heavy atom. The average molecular weight is 404 g/mol. The van der Waals surface area contributed by atoms with E-state index in [2.05, 4.69) is 20.2 Å². The number of ketones is 1. The van der Waals surface area contributed by atoms with Gasteiger partial charge in [-0.15, -0.1) is 0 Å². The maximum absolute atomic E-state index is 12.6. The van der Waals surface area contributed by atoms with Gasteiger partial charge in [0.05, 0.1) is 21.8 Å². The fraction of sp³-hybridized carbons (Fsp3) is 0.304. The lowest BCUT2D eigenvalue weighted by Crippen LogP contribution is -2.28. The fourth-order valence-corrected chi connectivity index (χ4v) is 3.94. The monoisotopic (exact) mass is 404 g/mol. The highest BCUT2D eigenvalue weighted by atomic mass is 16.3. The van der Waals surface area contributed by atoms with Gasteiger partial charge in [-0.3, -0.25) is 14.6 Å². The van der Waals surface area contributed by atoms with E-state index in [1.165, 1.54) is 0 Å². The van der Waals surface area contributed by atoms with Gasteiger partial charge in [0.15, 0.2) is 5.78 Å². The topological polar surface area (TPSA) is 94.4 Å². The number of allylic oxidation sites excluding steroid dienone is 4. The van der Waals surface area contributed by atoms with Gasteiger partial charge in [0.2, 0.25) is 0 Å². The molecule has 7 heteroatoms. The molecule has 0 atom stereocenters. The van der Waals surface area contributed by atoms with Crippen LogP contribution in [-0.4, -0.2) is 62.1 Å². The molecule has 4 rings (SSSR count). The quantitative estimate of drug-likeness (QED) is 0.690. The Balaban J connectivity index is 1.89. The predicted molar refractivity (Wildman–Crippen MR) is 116 cm³/mol. The van der Waals surface area contributed by atoms with Crippen LogP contribution >= 0.6 is 0 Å². The molecule has 0 spiro atoms. The van der Waals surface area contributed by atoms with Crippen LogP contribution in [0.2, 0.25) is 0 Å². The summed E-state index contributed by atoms with van der Waals surface area (Å²) in [6, 6.07) is 3.31. The van der Waals surface area contributed by atoms with Crippen molar-refractivity contribution in [1.82, 2.24) is 10.2 Å². The molecular weight excluding hydrogens is 380 g/mol. The molecule has 0 aromatic heterocycles. The minimum Gasteiger partial charge on any atom is -0.507 e. The molecule has 2 N–H and O–H groups in total. The van der Waals surface area contributed by atoms with Crippen LogP contribution in [0.3, 0.4) is 0 Å². The Hall–Kier alpha value is -3.16. The lowest BCUT2D eigenvalue weighted by atomic mass is 9.89. The Morgan fingerprint density at radius 3 is 2.67 bits per heavy atom. The fourth-order valence-electron chi connectivity index (χ4n) is 3.94. The van der Waals surface area contributed by atoms with E-state index >= 15 is 0 Å². The molecule has 0 radical (unpaired) electrons. The standard InChI is InChI=1S/C23H24N4O3/c1-24-10-8-16-20-18(29)7-5-15(22(20)26-23(16)30)14-4-6-17(28)19-13(9-11-27(2)3)12-25-21(14)19/h4-7,12,24,29H,8-11H2,1-3H3. The van der Waals surface area contributed by atoms with Gasteiger partial charge < -0.3 is 15.3 Å². The van der Waals surface area contributed by atoms with Crippen LogP contribution < -0.4 is 15.9 Å². The van der Waals surface area contributed by atoms with Crippen molar-refractivity contribution >= 4 is 29.1 Å². The number of phenolic OH excluding ortho intramolecular Hbond substituents is 1. The van der Waals surface area contributed by atoms with Gasteiger partial charge >= 0.3 is 0 Å². The minimum absolute atomic E-state index is 0.0354. The molecule has 30 heavy (non-hydrogen) atoms. The van der Waals surface area contributed by atoms with Crippen molar-refractivity contribution in [2.24, 2.45) is 9.98 Å². The summed E-state index contributed by atoms with van der Waals surface area (Å²) < 4.78 is 0. The van der Waals surface area contributed by atoms with Gasteiger partial charge in [-0.2, -0.15) is 0 Å². The normalized spacial score (nSPS) is 17.4. The van der Waals surface area contributed by atoms with Crippen molar-refractivity contribution in [3.63, 3.8) is 0 Å². The molecule has 7 nitrogen and oxygen atoms in total. The Morgan fingerprint density at radius 2 is 1.93 bits per heavy atom. The zero-order valence-electron chi connectivity index (χ0n) is 17.3. The maximum Gasteiger partial charge on any atom is 0.274 e. The second-order valence-electron chi connectivity index (χ2n) is 7.78. The predicted octanol–water partition coefficient (Wildman–Crippen LogP) is 0.495. The van der Waals surface area contributed by atoms with E-state index < -0.39 is 0 Å². The van der Waals surface area contributed by atoms with E-state index in [-0.39, 0.29) is 17.4 Å². The van der Waals surface area contributed by atoms with Gasteiger partial charge in [0.1, 0.15) is 5.75 Å². The zero-order valence-corrected chi connectivity index (χ0v) is 17.3. The van der Waals surface area contributed by atoms with Crippen LogP contribution in [-0.2, 0) is 9.59 Å². The second kappa shape index (κ2) is 7.93. The number of fused-ring (bicyclic) bond motifs is 2. The number of rotatable bonds is 7. The number of carbonyl (C=O) groups is 2. The molecule has 3 aliphatic rings. The largest absolute Gasteiger partial charge is 0.507 e. The number of nitrogens with one attached hydrogen (secondary N) is 1. The average Bonchev–Trinajstić information content (AvgIpc) is 3.28. The van der Waals surface area contributed by atoms with E-state index in [1.54, 1.807) is 30.5 Å². The smallest absolute Gasteiger partial charge is 0.274 e. The first-order chi connectivity index (χ1) is 14.4. The number of hydrogen-bond acceptors (Lipinski definition) is 6. The van der Waals surface area contributed by atoms with Crippen LogP contribution in [0.4, 0.5) is 0 Å². The van der Waals surface area contributed by atoms with Crippen LogP contribution in [0.25, 0.3) is 11.1 Å². The first kappa shape index (κ1) is 20.1. The maximum atomic E-state index is 12.6. The summed E-state index contributed by atoms with van der Waals surface area (Å²) in [4.78, 5) is 36.0. The Kier molecular flexibility index (Phi) is 5.32. The molecule has 0 fully saturated rings. The third-order valence-corrected chi connectivity index (χ3v) is 5.48. The van der Waals surface area contributed by atoms with Crippen molar-refractivity contribution in [2.45, 2.75) is 12.8 Å². The molecule has 2 aliphatic heterocycles. The highest BCUT2D eigenvalue weighted by Gasteiger charge is 2.29. The minimum atomic E-state index is -0.332. The van der Waals surface area contributed by atoms with Crippen LogP contribution in [0.15, 0.2) is 51.1 Å². The number of phenols is 1. The van der Waals surface area contributed by atoms with Gasteiger partial charge in [-0.1, -0.05) is 0 Å². The molecule has 1 aromatic carbocycles. The van der Waals surface area contributed by atoms with Crippen molar-refractivity contribution in [2.75, 3.05) is 34.2 Å². The van der Waals surface area contributed by atoms with Crippen molar-refractivity contribution < 1.29 is 14.7 Å². The summed E-state index contributed by atoms with van der Waals surface area (Å²) in [5, 5.41) is 14.4. The van der Waals surface area contributed by atoms with Crippen molar-refractivity contribution in [3.8, 4) is 5.75 Å². The first-order valence-corrected chi connectivity index (χ1v) is 9.94. The molecule has 1 aromatic rings. The SMILES string of the molecule is CNCCC1=c2c(O)ccc(C3=C4N=CC(CCN(C)C)=C4C(=O)C=C3)c2=NC1=O. The lowest BCUT2D eigenvalue weighted by Gasteiger charge is -2.15. The zero-order chi connectivity index (χ0) is 21.4. The summed E-state index contributed by atoms with van der Waals surface area (Å²) in [5.74, 6) is -0.361. The summed E-state index contributed by atoms with van der Waals surface area (Å²) in [6.07, 6.45) is 6.22. The number of amides is 1. The van der Waals surface area contributed by atoms with Crippen LogP contribution in [0.1, 0.15) is 18.4 Å². The van der Waals surface area contributed by atoms with Gasteiger partial charge in [0, 0.05) is 29.5 Å². The van der Waals surface area contributed by atoms with E-state index in [9.17, 15) is 14.7 Å². The molecule has 1 aliphatic carbocycles. The van der Waals surface area contributed by atoms with E-state index in [0.717, 1.165) is 24.1 Å². The molecule has 0 saturated heterocycles. The number of aromatic hydroxyl groups is 1. The Bertz CT molecular complexity index is 1200. The summed E-state index contributed by atoms with van der Waals surface area (Å²) in [5.41, 5.74) is 4.06. The highest BCUT2D eigenvalue weighted by Crippen LogP contribution is 2.35. The lowest BCUT2D eigenvalue weighted by molar-refractivity contribution is -0.113. The molecule has 1 amide bonds. The van der Waals surface area contributed by atoms with Crippen molar-refractivity contribution in [3.05, 3.63) is 57.3 Å². The molecule has 0 unspecified atom stereocenters. The van der Waals surface area contributed by atoms with Crippen LogP contribution in [0, 0.1) is 0 Å². The number of aliphatic imine (C=N–C) groups is 1. The molecule has 0 bridgehead atoms. The molecular formula is C23H24N4O3. The van der Waals surface area contributed by atoms with E-state index in [1.807, 2.05) is 21.1 Å². The van der Waals surface area contributed by atoms with Gasteiger partial charge in [-0.05, 0) is 70.4 Å². The van der Waals surface area contributed by atoms with E-state index in [4.69, 9.17) is 0 Å². The molecule has 2 heterocycles. The summed E-state index contributed by atoms with van der Waals surface area (Å²) in [6.45, 7) is 1.42. The van der Waals surface area contributed by atoms with Gasteiger partial charge in [0.25, 0.3) is 5.91 Å². The number of nitrogens with zero attached hydrogens (tertiary/aromatic N) is 3. The van der Waals surface area contributed by atoms with Gasteiger partial charge in [-0.25, -0.2) is 4.99 Å². The summed E-state index contributed by atoms with van der Waals surface area (Å²) in [7, 11) is 5.79. The number of carbonyl (C=O) groups excluding carboxylic acids is 2. The van der Waals surface area contributed by atoms with Crippen LogP contribution in [0.5, 0.6) is 5.75 Å². The Labute approximate surface area is 174 Å². The molecule has 0 saturated carbocycles. The first-order valence-electron chi connectivity index (χ1n) is 9.94. The molecule has 154 valence electrons. The second-order valence-corrected chi connectivity index (χ2v) is 7.78. The van der Waals surface area contributed by atoms with E-state index in [0.29, 0.717) is 45.9 Å². The van der Waals surface area contributed by atoms with Crippen molar-refractivity contribution in [1.29, 1.82) is 0 Å². The number of hydrogen-bond donors (Lipinski definition) is 2. The third-order valence-electron chi connectivity index (χ3n) is 5.48. The summed E-state index contributed by atoms with van der Waals surface area (Å²) >= 11 is 0.